The molecule has 0 saturated heterocycles. The SMILES string of the molecule is CCO/C=C\c1c(C2C[C@H]3CC[C@@H](C2)C3)nc2c(-c3ccc(-c4ccccc4)nc3)cnn2c1N(COCC[Si](C)(C)C)COCC[Si](C)(C)C. The normalized spacial score (nSPS) is 19.3. The summed E-state index contributed by atoms with van der Waals surface area (Å²) in [5.41, 5.74) is 7.05. The molecule has 6 rings (SSSR count). The molecule has 2 saturated carbocycles. The Morgan fingerprint density at radius 1 is 0.824 bits per heavy atom. The van der Waals surface area contributed by atoms with E-state index in [0.29, 0.717) is 26.0 Å². The van der Waals surface area contributed by atoms with Crippen molar-refractivity contribution in [1.82, 2.24) is 19.6 Å². The van der Waals surface area contributed by atoms with E-state index >= 15 is 0 Å². The monoisotopic (exact) mass is 725 g/mol. The molecule has 3 atom stereocenters. The van der Waals surface area contributed by atoms with Crippen LogP contribution in [-0.2, 0) is 14.2 Å². The third-order valence-corrected chi connectivity index (χ3v) is 13.8. The largest absolute Gasteiger partial charge is 0.501 e. The number of aromatic nitrogens is 4. The maximum absolute atomic E-state index is 6.49. The Labute approximate surface area is 307 Å². The summed E-state index contributed by atoms with van der Waals surface area (Å²) >= 11 is 0. The highest BCUT2D eigenvalue weighted by Gasteiger charge is 2.37. The lowest BCUT2D eigenvalue weighted by Gasteiger charge is -2.32. The first-order chi connectivity index (χ1) is 24.5. The van der Waals surface area contributed by atoms with Gasteiger partial charge in [0.25, 0.3) is 0 Å². The number of benzene rings is 1. The summed E-state index contributed by atoms with van der Waals surface area (Å²) in [5, 5.41) is 5.06. The van der Waals surface area contributed by atoms with Gasteiger partial charge >= 0.3 is 0 Å². The summed E-state index contributed by atoms with van der Waals surface area (Å²) in [6, 6.07) is 16.8. The molecule has 274 valence electrons. The first kappa shape index (κ1) is 37.4. The second-order valence-electron chi connectivity index (χ2n) is 17.0. The molecule has 2 fully saturated rings. The Hall–Kier alpha value is -3.32. The number of fused-ring (bicyclic) bond motifs is 3. The number of rotatable bonds is 17. The van der Waals surface area contributed by atoms with Crippen LogP contribution in [0.4, 0.5) is 5.82 Å². The summed E-state index contributed by atoms with van der Waals surface area (Å²) in [7, 11) is -2.53. The van der Waals surface area contributed by atoms with Gasteiger partial charge in [0.05, 0.1) is 30.5 Å². The van der Waals surface area contributed by atoms with Crippen molar-refractivity contribution in [3.8, 4) is 22.4 Å². The smallest absolute Gasteiger partial charge is 0.165 e. The highest BCUT2D eigenvalue weighted by molar-refractivity contribution is 6.76. The van der Waals surface area contributed by atoms with Crippen LogP contribution in [0.3, 0.4) is 0 Å². The molecule has 0 aliphatic heterocycles. The standard InChI is InChI=1S/C41H59N5O3Si2/c1-8-47-19-18-36-39(35-25-31-14-15-32(24-31)26-35)44-40-37(34-16-17-38(42-27-34)33-12-10-9-11-13-33)28-43-46(40)41(36)45(29-48-20-22-50(2,3)4)30-49-21-23-51(5,6)7/h9-13,16-19,27-28,31-32,35H,8,14-15,20-26,29-30H2,1-7H3/b19-18-/t31-,32+,35?. The van der Waals surface area contributed by atoms with Crippen molar-refractivity contribution >= 4 is 33.7 Å². The molecule has 0 spiro atoms. The maximum Gasteiger partial charge on any atom is 0.165 e. The van der Waals surface area contributed by atoms with Crippen molar-refractivity contribution in [2.24, 2.45) is 11.8 Å². The number of ether oxygens (including phenoxy) is 3. The summed E-state index contributed by atoms with van der Waals surface area (Å²) in [6.45, 7) is 19.3. The molecular formula is C41H59N5O3Si2. The third kappa shape index (κ3) is 9.77. The maximum atomic E-state index is 6.49. The Morgan fingerprint density at radius 2 is 1.49 bits per heavy atom. The lowest BCUT2D eigenvalue weighted by atomic mass is 9.78. The molecule has 0 amide bonds. The van der Waals surface area contributed by atoms with E-state index in [2.05, 4.69) is 74.5 Å². The van der Waals surface area contributed by atoms with Crippen molar-refractivity contribution in [2.75, 3.05) is 38.2 Å². The minimum Gasteiger partial charge on any atom is -0.501 e. The van der Waals surface area contributed by atoms with Crippen molar-refractivity contribution in [1.29, 1.82) is 0 Å². The zero-order valence-corrected chi connectivity index (χ0v) is 34.0. The highest BCUT2D eigenvalue weighted by Crippen LogP contribution is 2.49. The number of nitrogens with zero attached hydrogens (tertiary/aromatic N) is 5. The van der Waals surface area contributed by atoms with Gasteiger partial charge in [0.1, 0.15) is 19.3 Å². The van der Waals surface area contributed by atoms with Crippen LogP contribution >= 0.6 is 0 Å². The van der Waals surface area contributed by atoms with E-state index in [0.717, 1.165) is 82.2 Å². The summed E-state index contributed by atoms with van der Waals surface area (Å²) in [4.78, 5) is 12.7. The molecule has 2 aliphatic carbocycles. The molecule has 2 aliphatic rings. The van der Waals surface area contributed by atoms with Crippen molar-refractivity contribution in [2.45, 2.75) is 96.3 Å². The van der Waals surface area contributed by atoms with E-state index in [4.69, 9.17) is 29.3 Å². The lowest BCUT2D eigenvalue weighted by molar-refractivity contribution is 0.0942. The molecule has 1 aromatic carbocycles. The minimum absolute atomic E-state index is 0.366. The molecule has 8 nitrogen and oxygen atoms in total. The molecule has 2 bridgehead atoms. The van der Waals surface area contributed by atoms with Crippen LogP contribution in [0.2, 0.25) is 51.4 Å². The van der Waals surface area contributed by atoms with E-state index in [1.165, 1.54) is 32.1 Å². The fraction of sp³-hybridized carbons (Fsp3) is 0.537. The predicted octanol–water partition coefficient (Wildman–Crippen LogP) is 10.2. The van der Waals surface area contributed by atoms with Gasteiger partial charge in [0.15, 0.2) is 5.65 Å². The molecule has 0 radical (unpaired) electrons. The molecular weight excluding hydrogens is 667 g/mol. The average Bonchev–Trinajstić information content (AvgIpc) is 3.68. The molecule has 10 heteroatoms. The molecule has 3 aromatic heterocycles. The quantitative estimate of drug-likeness (QED) is 0.0464. The van der Waals surface area contributed by atoms with Crippen LogP contribution in [0.15, 0.2) is 61.1 Å². The lowest BCUT2D eigenvalue weighted by Crippen LogP contribution is -2.34. The Morgan fingerprint density at radius 3 is 2.08 bits per heavy atom. The van der Waals surface area contributed by atoms with Crippen LogP contribution in [-0.4, -0.2) is 69.0 Å². The van der Waals surface area contributed by atoms with E-state index in [-0.39, 0.29) is 0 Å². The Kier molecular flexibility index (Phi) is 12.2. The van der Waals surface area contributed by atoms with Gasteiger partial charge in [0, 0.05) is 63.7 Å². The van der Waals surface area contributed by atoms with Crippen LogP contribution < -0.4 is 4.90 Å². The zero-order chi connectivity index (χ0) is 36.0. The van der Waals surface area contributed by atoms with Crippen LogP contribution in [0.5, 0.6) is 0 Å². The van der Waals surface area contributed by atoms with Gasteiger partial charge in [-0.1, -0.05) is 88.5 Å². The van der Waals surface area contributed by atoms with Gasteiger partial charge < -0.3 is 19.1 Å². The first-order valence-electron chi connectivity index (χ1n) is 19.1. The topological polar surface area (TPSA) is 74.0 Å². The van der Waals surface area contributed by atoms with E-state index in [1.807, 2.05) is 48.3 Å². The van der Waals surface area contributed by atoms with Gasteiger partial charge in [-0.25, -0.2) is 4.98 Å². The Balaban J connectivity index is 1.47. The van der Waals surface area contributed by atoms with Crippen molar-refractivity contribution < 1.29 is 14.2 Å². The fourth-order valence-corrected chi connectivity index (χ4v) is 9.04. The summed E-state index contributed by atoms with van der Waals surface area (Å²) < 4.78 is 20.9. The fourth-order valence-electron chi connectivity index (χ4n) is 7.53. The third-order valence-electron chi connectivity index (χ3n) is 10.4. The van der Waals surface area contributed by atoms with E-state index < -0.39 is 16.1 Å². The van der Waals surface area contributed by atoms with E-state index in [1.54, 1.807) is 0 Å². The molecule has 51 heavy (non-hydrogen) atoms. The van der Waals surface area contributed by atoms with E-state index in [9.17, 15) is 0 Å². The van der Waals surface area contributed by atoms with Crippen LogP contribution in [0, 0.1) is 11.8 Å². The summed E-state index contributed by atoms with van der Waals surface area (Å²) in [5.74, 6) is 2.85. The van der Waals surface area contributed by atoms with Gasteiger partial charge in [-0.05, 0) is 62.3 Å². The second-order valence-corrected chi connectivity index (χ2v) is 28.3. The highest BCUT2D eigenvalue weighted by atomic mass is 28.3. The van der Waals surface area contributed by atoms with Gasteiger partial charge in [-0.15, -0.1) is 0 Å². The average molecular weight is 726 g/mol. The number of anilines is 1. The van der Waals surface area contributed by atoms with Crippen LogP contribution in [0.25, 0.3) is 34.1 Å². The minimum atomic E-state index is -1.27. The number of pyridine rings is 1. The zero-order valence-electron chi connectivity index (χ0n) is 32.0. The molecule has 3 heterocycles. The van der Waals surface area contributed by atoms with Gasteiger partial charge in [-0.2, -0.15) is 9.61 Å². The summed E-state index contributed by atoms with van der Waals surface area (Å²) in [6.07, 6.45) is 14.2. The molecule has 1 unspecified atom stereocenters. The number of hydrogen-bond acceptors (Lipinski definition) is 7. The van der Waals surface area contributed by atoms with Crippen molar-refractivity contribution in [3.63, 3.8) is 0 Å². The first-order valence-corrected chi connectivity index (χ1v) is 26.5. The Bertz CT molecular complexity index is 1710. The molecule has 4 aromatic rings. The molecule has 0 N–H and O–H groups in total. The second kappa shape index (κ2) is 16.6. The van der Waals surface area contributed by atoms with Gasteiger partial charge in [0.2, 0.25) is 0 Å². The van der Waals surface area contributed by atoms with Crippen LogP contribution in [0.1, 0.15) is 56.2 Å². The van der Waals surface area contributed by atoms with Gasteiger partial charge in [-0.3, -0.25) is 4.98 Å². The predicted molar refractivity (Wildman–Crippen MR) is 216 cm³/mol. The number of hydrogen-bond donors (Lipinski definition) is 0. The van der Waals surface area contributed by atoms with Crippen molar-refractivity contribution in [3.05, 3.63) is 72.4 Å².